The zero-order valence-electron chi connectivity index (χ0n) is 10.0. The highest BCUT2D eigenvalue weighted by Crippen LogP contribution is 2.17. The average molecular weight is 206 g/mol. The van der Waals surface area contributed by atoms with E-state index in [2.05, 4.69) is 38.2 Å². The predicted molar refractivity (Wildman–Crippen MR) is 66.6 cm³/mol. The fourth-order valence-corrected chi connectivity index (χ4v) is 1.33. The first-order chi connectivity index (χ1) is 6.97. The van der Waals surface area contributed by atoms with Crippen LogP contribution in [0.5, 0.6) is 0 Å². The summed E-state index contributed by atoms with van der Waals surface area (Å²) in [6, 6.07) is 8.03. The van der Waals surface area contributed by atoms with Gasteiger partial charge in [0.1, 0.15) is 0 Å². The van der Waals surface area contributed by atoms with Crippen LogP contribution in [0, 0.1) is 5.41 Å². The van der Waals surface area contributed by atoms with E-state index in [9.17, 15) is 0 Å². The van der Waals surface area contributed by atoms with Crippen molar-refractivity contribution in [2.75, 3.05) is 12.3 Å². The van der Waals surface area contributed by atoms with Crippen LogP contribution in [0.25, 0.3) is 0 Å². The second-order valence-corrected chi connectivity index (χ2v) is 5.23. The lowest BCUT2D eigenvalue weighted by molar-refractivity contribution is 0.366. The molecule has 0 atom stereocenters. The van der Waals surface area contributed by atoms with Crippen molar-refractivity contribution in [2.24, 2.45) is 5.41 Å². The second kappa shape index (κ2) is 5.17. The van der Waals surface area contributed by atoms with Gasteiger partial charge in [0.05, 0.1) is 0 Å². The molecule has 0 aliphatic carbocycles. The zero-order valence-corrected chi connectivity index (χ0v) is 10.0. The Morgan fingerprint density at radius 1 is 1.13 bits per heavy atom. The quantitative estimate of drug-likeness (QED) is 0.587. The Bertz CT molecular complexity index is 282. The van der Waals surface area contributed by atoms with E-state index in [4.69, 9.17) is 5.73 Å². The monoisotopic (exact) mass is 206 g/mol. The standard InChI is InChI=1S/C13H22N2/c1-13(2,3)8-9-15-10-11-4-6-12(14)7-5-11/h4-7,15H,8-10,14H2,1-3H3. The number of hydrogen-bond acceptors (Lipinski definition) is 2. The number of nitrogens with one attached hydrogen (secondary N) is 1. The van der Waals surface area contributed by atoms with Crippen molar-refractivity contribution in [1.29, 1.82) is 0 Å². The highest BCUT2D eigenvalue weighted by atomic mass is 14.8. The summed E-state index contributed by atoms with van der Waals surface area (Å²) in [5.41, 5.74) is 8.15. The lowest BCUT2D eigenvalue weighted by Crippen LogP contribution is -2.20. The maximum atomic E-state index is 5.62. The Morgan fingerprint density at radius 2 is 1.73 bits per heavy atom. The minimum Gasteiger partial charge on any atom is -0.399 e. The van der Waals surface area contributed by atoms with Gasteiger partial charge in [-0.15, -0.1) is 0 Å². The smallest absolute Gasteiger partial charge is 0.0314 e. The summed E-state index contributed by atoms with van der Waals surface area (Å²) < 4.78 is 0. The van der Waals surface area contributed by atoms with Crippen LogP contribution in [0.4, 0.5) is 5.69 Å². The van der Waals surface area contributed by atoms with Crippen LogP contribution in [0.2, 0.25) is 0 Å². The molecule has 0 aromatic heterocycles. The zero-order chi connectivity index (χ0) is 11.3. The molecule has 84 valence electrons. The molecule has 15 heavy (non-hydrogen) atoms. The van der Waals surface area contributed by atoms with E-state index in [0.717, 1.165) is 18.8 Å². The molecule has 0 amide bonds. The summed E-state index contributed by atoms with van der Waals surface area (Å²) in [7, 11) is 0. The van der Waals surface area contributed by atoms with Crippen LogP contribution < -0.4 is 11.1 Å². The molecule has 1 aromatic carbocycles. The number of benzene rings is 1. The third-order valence-electron chi connectivity index (χ3n) is 2.36. The van der Waals surface area contributed by atoms with Crippen LogP contribution in [0.3, 0.4) is 0 Å². The molecular weight excluding hydrogens is 184 g/mol. The van der Waals surface area contributed by atoms with Gasteiger partial charge in [0, 0.05) is 12.2 Å². The molecule has 0 fully saturated rings. The van der Waals surface area contributed by atoms with Crippen molar-refractivity contribution in [3.05, 3.63) is 29.8 Å². The van der Waals surface area contributed by atoms with Gasteiger partial charge in [-0.25, -0.2) is 0 Å². The maximum absolute atomic E-state index is 5.62. The van der Waals surface area contributed by atoms with Crippen molar-refractivity contribution < 1.29 is 0 Å². The minimum absolute atomic E-state index is 0.411. The fourth-order valence-electron chi connectivity index (χ4n) is 1.33. The van der Waals surface area contributed by atoms with Crippen LogP contribution in [0.15, 0.2) is 24.3 Å². The van der Waals surface area contributed by atoms with E-state index < -0.39 is 0 Å². The SMILES string of the molecule is CC(C)(C)CCNCc1ccc(N)cc1. The van der Waals surface area contributed by atoms with Gasteiger partial charge in [0.15, 0.2) is 0 Å². The van der Waals surface area contributed by atoms with Crippen molar-refractivity contribution in [3.63, 3.8) is 0 Å². The van der Waals surface area contributed by atoms with E-state index >= 15 is 0 Å². The molecule has 1 rings (SSSR count). The molecule has 3 N–H and O–H groups in total. The number of hydrogen-bond donors (Lipinski definition) is 2. The van der Waals surface area contributed by atoms with Crippen LogP contribution in [0.1, 0.15) is 32.8 Å². The van der Waals surface area contributed by atoms with Gasteiger partial charge in [-0.1, -0.05) is 32.9 Å². The highest BCUT2D eigenvalue weighted by Gasteiger charge is 2.08. The first-order valence-electron chi connectivity index (χ1n) is 5.52. The molecule has 0 spiro atoms. The molecule has 0 saturated heterocycles. The molecule has 0 heterocycles. The van der Waals surface area contributed by atoms with Gasteiger partial charge >= 0.3 is 0 Å². The second-order valence-electron chi connectivity index (χ2n) is 5.23. The molecule has 0 saturated carbocycles. The topological polar surface area (TPSA) is 38.0 Å². The maximum Gasteiger partial charge on any atom is 0.0314 e. The molecule has 0 aliphatic rings. The van der Waals surface area contributed by atoms with Gasteiger partial charge in [0.25, 0.3) is 0 Å². The van der Waals surface area contributed by atoms with Gasteiger partial charge in [-0.3, -0.25) is 0 Å². The molecule has 0 bridgehead atoms. The molecule has 2 nitrogen and oxygen atoms in total. The van der Waals surface area contributed by atoms with Gasteiger partial charge in [-0.05, 0) is 36.1 Å². The molecule has 2 heteroatoms. The van der Waals surface area contributed by atoms with Crippen molar-refractivity contribution in [1.82, 2.24) is 5.32 Å². The largest absolute Gasteiger partial charge is 0.399 e. The minimum atomic E-state index is 0.411. The van der Waals surface area contributed by atoms with E-state index in [0.29, 0.717) is 5.41 Å². The number of nitrogen functional groups attached to an aromatic ring is 1. The molecular formula is C13H22N2. The normalized spacial score (nSPS) is 11.7. The lowest BCUT2D eigenvalue weighted by Gasteiger charge is -2.18. The van der Waals surface area contributed by atoms with Crippen molar-refractivity contribution in [2.45, 2.75) is 33.7 Å². The molecule has 0 radical (unpaired) electrons. The third-order valence-corrected chi connectivity index (χ3v) is 2.36. The Morgan fingerprint density at radius 3 is 2.27 bits per heavy atom. The summed E-state index contributed by atoms with van der Waals surface area (Å²) >= 11 is 0. The number of rotatable bonds is 4. The van der Waals surface area contributed by atoms with Crippen molar-refractivity contribution in [3.8, 4) is 0 Å². The highest BCUT2D eigenvalue weighted by molar-refractivity contribution is 5.39. The van der Waals surface area contributed by atoms with E-state index in [1.54, 1.807) is 0 Å². The van der Waals surface area contributed by atoms with Gasteiger partial charge < -0.3 is 11.1 Å². The molecule has 0 unspecified atom stereocenters. The number of anilines is 1. The molecule has 0 aliphatic heterocycles. The Labute approximate surface area is 92.9 Å². The van der Waals surface area contributed by atoms with Crippen LogP contribution >= 0.6 is 0 Å². The Hall–Kier alpha value is -1.02. The van der Waals surface area contributed by atoms with E-state index in [1.165, 1.54) is 12.0 Å². The summed E-state index contributed by atoms with van der Waals surface area (Å²) in [5, 5.41) is 3.44. The predicted octanol–water partition coefficient (Wildman–Crippen LogP) is 2.79. The average Bonchev–Trinajstić information content (AvgIpc) is 2.14. The van der Waals surface area contributed by atoms with Crippen molar-refractivity contribution >= 4 is 5.69 Å². The van der Waals surface area contributed by atoms with Crippen LogP contribution in [-0.4, -0.2) is 6.54 Å². The third kappa shape index (κ3) is 5.43. The van der Waals surface area contributed by atoms with Gasteiger partial charge in [-0.2, -0.15) is 0 Å². The van der Waals surface area contributed by atoms with E-state index in [1.807, 2.05) is 12.1 Å². The summed E-state index contributed by atoms with van der Waals surface area (Å²) in [6.45, 7) is 8.78. The molecule has 1 aromatic rings. The van der Waals surface area contributed by atoms with E-state index in [-0.39, 0.29) is 0 Å². The Balaban J connectivity index is 2.23. The lowest BCUT2D eigenvalue weighted by atomic mass is 9.92. The summed E-state index contributed by atoms with van der Waals surface area (Å²) in [5.74, 6) is 0. The first-order valence-corrected chi connectivity index (χ1v) is 5.52. The Kier molecular flexibility index (Phi) is 4.15. The first kappa shape index (κ1) is 12.1. The summed E-state index contributed by atoms with van der Waals surface area (Å²) in [6.07, 6.45) is 1.20. The van der Waals surface area contributed by atoms with Crippen LogP contribution in [-0.2, 0) is 6.54 Å². The fraction of sp³-hybridized carbons (Fsp3) is 0.538. The summed E-state index contributed by atoms with van der Waals surface area (Å²) in [4.78, 5) is 0. The van der Waals surface area contributed by atoms with Gasteiger partial charge in [0.2, 0.25) is 0 Å². The number of nitrogens with two attached hydrogens (primary N) is 1.